The molecule has 0 amide bonds. The van der Waals surface area contributed by atoms with Crippen molar-refractivity contribution in [1.29, 1.82) is 0 Å². The Labute approximate surface area is 438 Å². The Kier molecular flexibility index (Phi) is 57.0. The summed E-state index contributed by atoms with van der Waals surface area (Å²) in [4.78, 5) is 38.3. The maximum absolute atomic E-state index is 12.9. The summed E-state index contributed by atoms with van der Waals surface area (Å²) in [7, 11) is 0. The number of rotatable bonds is 59. The zero-order chi connectivity index (χ0) is 50.9. The molecule has 0 bridgehead atoms. The molecule has 0 aliphatic rings. The van der Waals surface area contributed by atoms with E-state index in [0.717, 1.165) is 63.7 Å². The minimum Gasteiger partial charge on any atom is -0.462 e. The standard InChI is InChI=1S/C64H124O6/c1-5-8-10-12-14-16-18-20-22-24-25-27-32-36-40-44-48-52-56-63(66)69-59-61(58-68-62(65)55-51-47-43-39-35-31-26-23-21-19-17-15-13-11-9-6-2)70-64(67)57-53-49-45-41-37-33-29-28-30-34-38-42-46-50-54-60(4)7-3/h60-61H,5-59H2,1-4H3/t60?,61-/m1/s1. The molecule has 0 saturated carbocycles. The molecule has 6 heteroatoms. The normalized spacial score (nSPS) is 12.3. The largest absolute Gasteiger partial charge is 0.462 e. The van der Waals surface area contributed by atoms with Gasteiger partial charge in [-0.05, 0) is 25.2 Å². The Hall–Kier alpha value is -1.59. The monoisotopic (exact) mass is 989 g/mol. The lowest BCUT2D eigenvalue weighted by atomic mass is 9.99. The molecule has 0 aromatic heterocycles. The summed E-state index contributed by atoms with van der Waals surface area (Å²) in [5.41, 5.74) is 0. The smallest absolute Gasteiger partial charge is 0.306 e. The first-order valence-electron chi connectivity index (χ1n) is 31.9. The molecule has 0 N–H and O–H groups in total. The molecule has 0 fully saturated rings. The van der Waals surface area contributed by atoms with E-state index in [1.807, 2.05) is 0 Å². The van der Waals surface area contributed by atoms with Crippen LogP contribution in [0.2, 0.25) is 0 Å². The van der Waals surface area contributed by atoms with Gasteiger partial charge in [-0.1, -0.05) is 329 Å². The van der Waals surface area contributed by atoms with Crippen molar-refractivity contribution in [2.24, 2.45) is 5.92 Å². The Morgan fingerprint density at radius 1 is 0.286 bits per heavy atom. The molecule has 0 spiro atoms. The van der Waals surface area contributed by atoms with Crippen LogP contribution in [-0.4, -0.2) is 37.2 Å². The third-order valence-electron chi connectivity index (χ3n) is 15.2. The van der Waals surface area contributed by atoms with Crippen molar-refractivity contribution in [2.45, 2.75) is 374 Å². The first-order chi connectivity index (χ1) is 34.4. The van der Waals surface area contributed by atoms with Crippen LogP contribution in [0.15, 0.2) is 0 Å². The van der Waals surface area contributed by atoms with E-state index in [1.165, 1.54) is 263 Å². The van der Waals surface area contributed by atoms with Gasteiger partial charge in [0.2, 0.25) is 0 Å². The second-order valence-electron chi connectivity index (χ2n) is 22.3. The molecule has 70 heavy (non-hydrogen) atoms. The maximum atomic E-state index is 12.9. The van der Waals surface area contributed by atoms with Gasteiger partial charge in [0, 0.05) is 19.3 Å². The van der Waals surface area contributed by atoms with Crippen LogP contribution in [0.3, 0.4) is 0 Å². The van der Waals surface area contributed by atoms with Crippen molar-refractivity contribution >= 4 is 17.9 Å². The van der Waals surface area contributed by atoms with Crippen LogP contribution in [0.25, 0.3) is 0 Å². The van der Waals surface area contributed by atoms with E-state index in [0.29, 0.717) is 19.3 Å². The average Bonchev–Trinajstić information content (AvgIpc) is 3.36. The highest BCUT2D eigenvalue weighted by atomic mass is 16.6. The molecule has 0 aromatic rings. The molecule has 2 atom stereocenters. The van der Waals surface area contributed by atoms with Crippen molar-refractivity contribution in [3.8, 4) is 0 Å². The fourth-order valence-electron chi connectivity index (χ4n) is 9.95. The fraction of sp³-hybridized carbons (Fsp3) is 0.953. The summed E-state index contributed by atoms with van der Waals surface area (Å²) in [5.74, 6) is 0.0670. The van der Waals surface area contributed by atoms with Gasteiger partial charge in [-0.2, -0.15) is 0 Å². The van der Waals surface area contributed by atoms with Crippen LogP contribution in [0.1, 0.15) is 368 Å². The quantitative estimate of drug-likeness (QED) is 0.0343. The molecule has 1 unspecified atom stereocenters. The predicted octanol–water partition coefficient (Wildman–Crippen LogP) is 21.4. The highest BCUT2D eigenvalue weighted by Gasteiger charge is 2.19. The van der Waals surface area contributed by atoms with Crippen molar-refractivity contribution in [3.63, 3.8) is 0 Å². The number of hydrogen-bond donors (Lipinski definition) is 0. The number of ether oxygens (including phenoxy) is 3. The molecule has 0 rings (SSSR count). The third-order valence-corrected chi connectivity index (χ3v) is 15.2. The van der Waals surface area contributed by atoms with Gasteiger partial charge < -0.3 is 14.2 Å². The zero-order valence-corrected chi connectivity index (χ0v) is 48.0. The van der Waals surface area contributed by atoms with Gasteiger partial charge in [-0.15, -0.1) is 0 Å². The van der Waals surface area contributed by atoms with Gasteiger partial charge >= 0.3 is 17.9 Å². The Bertz CT molecular complexity index is 1060. The minimum atomic E-state index is -0.763. The van der Waals surface area contributed by atoms with Gasteiger partial charge in [-0.25, -0.2) is 0 Å². The molecule has 0 aliphatic carbocycles. The van der Waals surface area contributed by atoms with E-state index in [4.69, 9.17) is 14.2 Å². The van der Waals surface area contributed by atoms with Gasteiger partial charge in [0.25, 0.3) is 0 Å². The summed E-state index contributed by atoms with van der Waals surface area (Å²) in [6.45, 7) is 9.12. The summed E-state index contributed by atoms with van der Waals surface area (Å²) >= 11 is 0. The highest BCUT2D eigenvalue weighted by molar-refractivity contribution is 5.71. The van der Waals surface area contributed by atoms with Crippen LogP contribution in [0, 0.1) is 5.92 Å². The molecule has 0 saturated heterocycles. The van der Waals surface area contributed by atoms with Crippen molar-refractivity contribution in [3.05, 3.63) is 0 Å². The second kappa shape index (κ2) is 58.3. The van der Waals surface area contributed by atoms with Crippen molar-refractivity contribution in [2.75, 3.05) is 13.2 Å². The fourth-order valence-corrected chi connectivity index (χ4v) is 9.95. The first-order valence-corrected chi connectivity index (χ1v) is 31.9. The Morgan fingerprint density at radius 2 is 0.500 bits per heavy atom. The highest BCUT2D eigenvalue weighted by Crippen LogP contribution is 2.19. The van der Waals surface area contributed by atoms with Gasteiger partial charge in [0.15, 0.2) is 6.10 Å². The SMILES string of the molecule is CCCCCCCCCCCCCCCCCCCCC(=O)OC[C@@H](COC(=O)CCCCCCCCCCCCCCCCCC)OC(=O)CCCCCCCCCCCCCCCCC(C)CC. The number of carbonyl (C=O) groups is 3. The van der Waals surface area contributed by atoms with E-state index >= 15 is 0 Å². The maximum Gasteiger partial charge on any atom is 0.306 e. The van der Waals surface area contributed by atoms with Crippen LogP contribution in [0.5, 0.6) is 0 Å². The van der Waals surface area contributed by atoms with Gasteiger partial charge in [-0.3, -0.25) is 14.4 Å². The Balaban J connectivity index is 4.29. The molecule has 0 aromatic carbocycles. The van der Waals surface area contributed by atoms with Gasteiger partial charge in [0.05, 0.1) is 0 Å². The molecule has 0 aliphatic heterocycles. The molecular formula is C64H124O6. The summed E-state index contributed by atoms with van der Waals surface area (Å²) in [6, 6.07) is 0. The lowest BCUT2D eigenvalue weighted by molar-refractivity contribution is -0.167. The van der Waals surface area contributed by atoms with Crippen LogP contribution >= 0.6 is 0 Å². The lowest BCUT2D eigenvalue weighted by Crippen LogP contribution is -2.30. The predicted molar refractivity (Wildman–Crippen MR) is 303 cm³/mol. The lowest BCUT2D eigenvalue weighted by Gasteiger charge is -2.18. The van der Waals surface area contributed by atoms with Crippen molar-refractivity contribution < 1.29 is 28.6 Å². The van der Waals surface area contributed by atoms with Crippen LogP contribution < -0.4 is 0 Å². The topological polar surface area (TPSA) is 78.9 Å². The number of esters is 3. The summed E-state index contributed by atoms with van der Waals surface area (Å²) in [6.07, 6.45) is 65.2. The first kappa shape index (κ1) is 68.4. The van der Waals surface area contributed by atoms with Crippen LogP contribution in [-0.2, 0) is 28.6 Å². The van der Waals surface area contributed by atoms with E-state index in [1.54, 1.807) is 0 Å². The minimum absolute atomic E-state index is 0.0612. The van der Waals surface area contributed by atoms with Crippen LogP contribution in [0.4, 0.5) is 0 Å². The Morgan fingerprint density at radius 3 is 0.743 bits per heavy atom. The molecule has 6 nitrogen and oxygen atoms in total. The average molecular weight is 990 g/mol. The summed E-state index contributed by atoms with van der Waals surface area (Å²) in [5, 5.41) is 0. The zero-order valence-electron chi connectivity index (χ0n) is 48.0. The van der Waals surface area contributed by atoms with E-state index in [-0.39, 0.29) is 31.1 Å². The number of unbranched alkanes of at least 4 members (excludes halogenated alkanes) is 45. The van der Waals surface area contributed by atoms with E-state index in [2.05, 4.69) is 27.7 Å². The van der Waals surface area contributed by atoms with Crippen molar-refractivity contribution in [1.82, 2.24) is 0 Å². The number of carbonyl (C=O) groups excluding carboxylic acids is 3. The molecule has 416 valence electrons. The van der Waals surface area contributed by atoms with E-state index < -0.39 is 6.10 Å². The number of hydrogen-bond acceptors (Lipinski definition) is 6. The van der Waals surface area contributed by atoms with Gasteiger partial charge in [0.1, 0.15) is 13.2 Å². The summed E-state index contributed by atoms with van der Waals surface area (Å²) < 4.78 is 17.0. The molecule has 0 heterocycles. The second-order valence-corrected chi connectivity index (χ2v) is 22.3. The molecule has 0 radical (unpaired) electrons. The third kappa shape index (κ3) is 55.7. The van der Waals surface area contributed by atoms with E-state index in [9.17, 15) is 14.4 Å². The molecular weight excluding hydrogens is 865 g/mol.